The van der Waals surface area contributed by atoms with E-state index in [1.165, 1.54) is 17.7 Å². The number of morpholine rings is 1. The highest BCUT2D eigenvalue weighted by atomic mass is 35.5. The molecule has 3 fully saturated rings. The first-order valence-corrected chi connectivity index (χ1v) is 12.3. The number of carbonyl (C=O) groups excluding carboxylic acids is 1. The van der Waals surface area contributed by atoms with Crippen molar-refractivity contribution in [2.75, 3.05) is 45.9 Å². The maximum absolute atomic E-state index is 13.5. The Labute approximate surface area is 210 Å². The van der Waals surface area contributed by atoms with E-state index in [0.29, 0.717) is 24.9 Å². The predicted molar refractivity (Wildman–Crippen MR) is 133 cm³/mol. The lowest BCUT2D eigenvalue weighted by Gasteiger charge is -2.50. The van der Waals surface area contributed by atoms with Crippen LogP contribution >= 0.6 is 24.8 Å². The highest BCUT2D eigenvalue weighted by Gasteiger charge is 2.50. The lowest BCUT2D eigenvalue weighted by atomic mass is 9.61. The van der Waals surface area contributed by atoms with Crippen molar-refractivity contribution in [3.05, 3.63) is 22.8 Å². The minimum Gasteiger partial charge on any atom is -0.379 e. The fourth-order valence-electron chi connectivity index (χ4n) is 6.43. The van der Waals surface area contributed by atoms with Crippen molar-refractivity contribution in [1.29, 1.82) is 0 Å². The van der Waals surface area contributed by atoms with Crippen molar-refractivity contribution in [3.8, 4) is 0 Å². The molecule has 5 rings (SSSR count). The molecule has 1 aromatic rings. The number of carbonyl (C=O) groups is 1. The number of halogens is 2. The van der Waals surface area contributed by atoms with Gasteiger partial charge in [0.25, 0.3) is 0 Å². The third-order valence-electron chi connectivity index (χ3n) is 8.21. The monoisotopic (exact) mass is 499 g/mol. The minimum absolute atomic E-state index is 0. The Bertz CT molecular complexity index is 820. The summed E-state index contributed by atoms with van der Waals surface area (Å²) in [7, 11) is 0. The molecule has 186 valence electrons. The van der Waals surface area contributed by atoms with Crippen molar-refractivity contribution in [2.45, 2.75) is 64.3 Å². The molecule has 0 spiro atoms. The second-order valence-corrected chi connectivity index (χ2v) is 9.91. The van der Waals surface area contributed by atoms with E-state index in [0.717, 1.165) is 89.4 Å². The van der Waals surface area contributed by atoms with E-state index in [4.69, 9.17) is 14.7 Å². The number of rotatable bonds is 5. The van der Waals surface area contributed by atoms with Gasteiger partial charge in [-0.2, -0.15) is 0 Å². The third-order valence-corrected chi connectivity index (χ3v) is 8.21. The lowest BCUT2D eigenvalue weighted by molar-refractivity contribution is -0.140. The van der Waals surface area contributed by atoms with Gasteiger partial charge in [0.1, 0.15) is 5.82 Å². The van der Waals surface area contributed by atoms with Crippen LogP contribution in [0.1, 0.15) is 54.9 Å². The summed E-state index contributed by atoms with van der Waals surface area (Å²) in [5.41, 5.74) is 3.45. The number of aryl methyl sites for hydroxylation is 2. The number of amides is 1. The quantitative estimate of drug-likeness (QED) is 0.646. The number of hydrogen-bond donors (Lipinski definition) is 2. The zero-order chi connectivity index (χ0) is 21.3. The van der Waals surface area contributed by atoms with Crippen LogP contribution < -0.4 is 10.6 Å². The second kappa shape index (κ2) is 11.6. The van der Waals surface area contributed by atoms with Crippen LogP contribution in [0, 0.1) is 18.3 Å². The van der Waals surface area contributed by atoms with E-state index in [1.807, 2.05) is 0 Å². The zero-order valence-electron chi connectivity index (χ0n) is 19.7. The molecule has 0 radical (unpaired) electrons. The molecule has 7 nitrogen and oxygen atoms in total. The van der Waals surface area contributed by atoms with E-state index >= 15 is 0 Å². The van der Waals surface area contributed by atoms with E-state index in [9.17, 15) is 4.79 Å². The van der Waals surface area contributed by atoms with Crippen molar-refractivity contribution in [3.63, 3.8) is 0 Å². The summed E-state index contributed by atoms with van der Waals surface area (Å²) in [6, 6.07) is 0.607. The van der Waals surface area contributed by atoms with Gasteiger partial charge in [-0.25, -0.2) is 9.97 Å². The molecule has 1 amide bonds. The predicted octanol–water partition coefficient (Wildman–Crippen LogP) is 2.26. The van der Waals surface area contributed by atoms with Crippen LogP contribution in [0.4, 0.5) is 0 Å². The molecule has 2 N–H and O–H groups in total. The topological polar surface area (TPSA) is 79.4 Å². The van der Waals surface area contributed by atoms with E-state index < -0.39 is 0 Å². The Morgan fingerprint density at radius 3 is 2.85 bits per heavy atom. The molecule has 4 aliphatic rings. The number of nitrogens with zero attached hydrogens (tertiary/aromatic N) is 3. The number of aromatic nitrogens is 2. The van der Waals surface area contributed by atoms with Crippen molar-refractivity contribution >= 4 is 30.7 Å². The first kappa shape index (κ1) is 26.6. The second-order valence-electron chi connectivity index (χ2n) is 9.91. The van der Waals surface area contributed by atoms with Gasteiger partial charge in [0.05, 0.1) is 18.6 Å². The van der Waals surface area contributed by atoms with Crippen molar-refractivity contribution in [2.24, 2.45) is 11.3 Å². The van der Waals surface area contributed by atoms with Gasteiger partial charge < -0.3 is 15.4 Å². The highest BCUT2D eigenvalue weighted by Crippen LogP contribution is 2.46. The van der Waals surface area contributed by atoms with Gasteiger partial charge in [0.2, 0.25) is 5.91 Å². The highest BCUT2D eigenvalue weighted by molar-refractivity contribution is 5.85. The van der Waals surface area contributed by atoms with Crippen molar-refractivity contribution < 1.29 is 9.53 Å². The summed E-state index contributed by atoms with van der Waals surface area (Å²) in [4.78, 5) is 25.5. The molecular formula is C24H39Cl2N5O2. The van der Waals surface area contributed by atoms with Gasteiger partial charge in [-0.05, 0) is 69.9 Å². The van der Waals surface area contributed by atoms with Gasteiger partial charge in [0, 0.05) is 50.0 Å². The average Bonchev–Trinajstić information content (AvgIpc) is 3.28. The maximum atomic E-state index is 13.5. The summed E-state index contributed by atoms with van der Waals surface area (Å²) >= 11 is 0. The van der Waals surface area contributed by atoms with Gasteiger partial charge in [-0.15, -0.1) is 24.8 Å². The molecule has 2 saturated heterocycles. The Balaban J connectivity index is 0.00000153. The molecular weight excluding hydrogens is 461 g/mol. The molecule has 2 aliphatic heterocycles. The van der Waals surface area contributed by atoms with E-state index in [1.54, 1.807) is 0 Å². The van der Waals surface area contributed by atoms with E-state index in [2.05, 4.69) is 22.5 Å². The molecule has 0 unspecified atom stereocenters. The van der Waals surface area contributed by atoms with Gasteiger partial charge in [-0.1, -0.05) is 0 Å². The Morgan fingerprint density at radius 2 is 2.03 bits per heavy atom. The van der Waals surface area contributed by atoms with Gasteiger partial charge >= 0.3 is 0 Å². The Morgan fingerprint density at radius 1 is 1.21 bits per heavy atom. The van der Waals surface area contributed by atoms with Gasteiger partial charge in [0.15, 0.2) is 0 Å². The maximum Gasteiger partial charge on any atom is 0.227 e. The Kier molecular flexibility index (Phi) is 9.38. The summed E-state index contributed by atoms with van der Waals surface area (Å²) in [5.74, 6) is 1.59. The van der Waals surface area contributed by atoms with Gasteiger partial charge in [-0.3, -0.25) is 9.69 Å². The number of fused-ring (bicyclic) bond motifs is 2. The molecule has 0 bridgehead atoms. The lowest BCUT2D eigenvalue weighted by Crippen LogP contribution is -2.60. The number of piperidine rings is 1. The molecule has 1 saturated carbocycles. The minimum atomic E-state index is -0.254. The summed E-state index contributed by atoms with van der Waals surface area (Å²) in [5, 5.41) is 6.80. The Hall–Kier alpha value is -0.990. The zero-order valence-corrected chi connectivity index (χ0v) is 21.4. The smallest absolute Gasteiger partial charge is 0.227 e. The van der Waals surface area contributed by atoms with Crippen LogP contribution in [0.25, 0.3) is 0 Å². The summed E-state index contributed by atoms with van der Waals surface area (Å²) in [6.45, 7) is 8.32. The van der Waals surface area contributed by atoms with Crippen LogP contribution in [-0.4, -0.2) is 72.8 Å². The normalized spacial score (nSPS) is 29.2. The van der Waals surface area contributed by atoms with Crippen molar-refractivity contribution in [1.82, 2.24) is 25.5 Å². The van der Waals surface area contributed by atoms with Crippen LogP contribution in [0.3, 0.4) is 0 Å². The van der Waals surface area contributed by atoms with Crippen LogP contribution in [0.15, 0.2) is 0 Å². The largest absolute Gasteiger partial charge is 0.379 e. The molecule has 3 atom stereocenters. The molecule has 3 heterocycles. The molecule has 9 heteroatoms. The van der Waals surface area contributed by atoms with E-state index in [-0.39, 0.29) is 36.1 Å². The SMILES string of the molecule is Cc1nc(CCNC(=O)[C@@]23CC[C@H](N4CCOCC4)C[C@H]2CCNC3)nc2c1CCC2.Cl.Cl. The first-order valence-electron chi connectivity index (χ1n) is 12.3. The standard InChI is InChI=1S/C24H37N5O2.2ClH/c1-17-20-3-2-4-21(20)28-22(27-17)7-10-26-23(30)24-8-5-19(29-11-13-31-14-12-29)15-18(24)6-9-25-16-24;;/h18-19,25H,2-16H2,1H3,(H,26,30);2*1H/t18-,19+,24-;;/m1../s1. The van der Waals surface area contributed by atoms with Crippen LogP contribution in [0.2, 0.25) is 0 Å². The molecule has 1 aromatic heterocycles. The molecule has 0 aromatic carbocycles. The molecule has 33 heavy (non-hydrogen) atoms. The fraction of sp³-hybridized carbons (Fsp3) is 0.792. The first-order chi connectivity index (χ1) is 15.2. The third kappa shape index (κ3) is 5.48. The van der Waals surface area contributed by atoms with Crippen LogP contribution in [-0.2, 0) is 28.8 Å². The number of ether oxygens (including phenoxy) is 1. The summed E-state index contributed by atoms with van der Waals surface area (Å²) < 4.78 is 5.54. The fourth-order valence-corrected chi connectivity index (χ4v) is 6.43. The number of hydrogen-bond acceptors (Lipinski definition) is 6. The summed E-state index contributed by atoms with van der Waals surface area (Å²) in [6.07, 6.45) is 8.41. The average molecular weight is 501 g/mol. The van der Waals surface area contributed by atoms with Crippen LogP contribution in [0.5, 0.6) is 0 Å². The molecule has 2 aliphatic carbocycles. The number of nitrogens with one attached hydrogen (secondary N) is 2.